The van der Waals surface area contributed by atoms with E-state index in [1.54, 1.807) is 11.9 Å². The largest absolute Gasteiger partial charge is 0.334 e. The fourth-order valence-corrected chi connectivity index (χ4v) is 2.45. The van der Waals surface area contributed by atoms with Crippen LogP contribution in [0.3, 0.4) is 0 Å². The molecule has 0 spiro atoms. The molecule has 0 unspecified atom stereocenters. The SMILES string of the molecule is C[C@@H](c1ccccc1)N(C)C(=O)c1ncc(Cl)c(Cl)c1Cl. The molecular weight excluding hydrogens is 331 g/mol. The fraction of sp³-hybridized carbons (Fsp3) is 0.200. The van der Waals surface area contributed by atoms with Crippen LogP contribution in [0.25, 0.3) is 0 Å². The minimum Gasteiger partial charge on any atom is -0.334 e. The van der Waals surface area contributed by atoms with Crippen LogP contribution < -0.4 is 0 Å². The molecule has 0 N–H and O–H groups in total. The van der Waals surface area contributed by atoms with Crippen molar-refractivity contribution in [3.63, 3.8) is 0 Å². The number of carbonyl (C=O) groups is 1. The maximum Gasteiger partial charge on any atom is 0.274 e. The third-order valence-corrected chi connectivity index (χ3v) is 4.54. The molecule has 0 aliphatic rings. The van der Waals surface area contributed by atoms with Gasteiger partial charge in [-0.2, -0.15) is 0 Å². The third-order valence-electron chi connectivity index (χ3n) is 3.30. The Bertz CT molecular complexity index is 661. The van der Waals surface area contributed by atoms with Crippen LogP contribution in [0, 0.1) is 0 Å². The molecule has 0 aliphatic carbocycles. The maximum atomic E-state index is 12.5. The first kappa shape index (κ1) is 16.1. The average Bonchev–Trinajstić information content (AvgIpc) is 2.51. The number of halogens is 3. The zero-order chi connectivity index (χ0) is 15.6. The monoisotopic (exact) mass is 342 g/mol. The number of carbonyl (C=O) groups excluding carboxylic acids is 1. The molecule has 6 heteroatoms. The second-order valence-electron chi connectivity index (χ2n) is 4.59. The van der Waals surface area contributed by atoms with Crippen molar-refractivity contribution in [2.75, 3.05) is 7.05 Å². The minimum atomic E-state index is -0.310. The van der Waals surface area contributed by atoms with Crippen molar-refractivity contribution in [3.8, 4) is 0 Å². The molecule has 2 aromatic rings. The minimum absolute atomic E-state index is 0.0706. The van der Waals surface area contributed by atoms with E-state index in [-0.39, 0.29) is 32.7 Å². The summed E-state index contributed by atoms with van der Waals surface area (Å²) in [5.74, 6) is -0.310. The van der Waals surface area contributed by atoms with Crippen LogP contribution in [0.15, 0.2) is 36.5 Å². The molecule has 3 nitrogen and oxygen atoms in total. The summed E-state index contributed by atoms with van der Waals surface area (Å²) in [6.07, 6.45) is 1.32. The summed E-state index contributed by atoms with van der Waals surface area (Å²) in [5, 5.41) is 0.427. The molecular formula is C15H13Cl3N2O. The van der Waals surface area contributed by atoms with Crippen LogP contribution in [-0.4, -0.2) is 22.8 Å². The molecule has 0 bridgehead atoms. The molecule has 1 amide bonds. The number of aromatic nitrogens is 1. The first-order valence-corrected chi connectivity index (χ1v) is 7.38. The predicted molar refractivity (Wildman–Crippen MR) is 86.2 cm³/mol. The smallest absolute Gasteiger partial charge is 0.274 e. The van der Waals surface area contributed by atoms with E-state index >= 15 is 0 Å². The highest BCUT2D eigenvalue weighted by molar-refractivity contribution is 6.48. The lowest BCUT2D eigenvalue weighted by Crippen LogP contribution is -2.30. The van der Waals surface area contributed by atoms with Gasteiger partial charge in [0.05, 0.1) is 21.1 Å². The van der Waals surface area contributed by atoms with Gasteiger partial charge in [-0.3, -0.25) is 4.79 Å². The number of rotatable bonds is 3. The van der Waals surface area contributed by atoms with Crippen molar-refractivity contribution in [2.24, 2.45) is 0 Å². The number of hydrogen-bond acceptors (Lipinski definition) is 2. The lowest BCUT2D eigenvalue weighted by molar-refractivity contribution is 0.0737. The van der Waals surface area contributed by atoms with Gasteiger partial charge >= 0.3 is 0 Å². The Hall–Kier alpha value is -1.29. The zero-order valence-electron chi connectivity index (χ0n) is 11.5. The van der Waals surface area contributed by atoms with E-state index in [0.717, 1.165) is 5.56 Å². The number of benzene rings is 1. The fourth-order valence-electron chi connectivity index (χ4n) is 1.89. The van der Waals surface area contributed by atoms with Crippen molar-refractivity contribution in [1.29, 1.82) is 0 Å². The Balaban J connectivity index is 2.30. The highest BCUT2D eigenvalue weighted by Gasteiger charge is 2.24. The number of nitrogens with zero attached hydrogens (tertiary/aromatic N) is 2. The molecule has 21 heavy (non-hydrogen) atoms. The Morgan fingerprint density at radius 2 is 1.76 bits per heavy atom. The highest BCUT2D eigenvalue weighted by Crippen LogP contribution is 2.32. The molecule has 1 aromatic heterocycles. The molecule has 0 saturated carbocycles. The van der Waals surface area contributed by atoms with Gasteiger partial charge in [0.15, 0.2) is 0 Å². The second-order valence-corrected chi connectivity index (χ2v) is 5.75. The van der Waals surface area contributed by atoms with Crippen molar-refractivity contribution < 1.29 is 4.79 Å². The molecule has 1 atom stereocenters. The van der Waals surface area contributed by atoms with Gasteiger partial charge in [-0.1, -0.05) is 65.1 Å². The summed E-state index contributed by atoms with van der Waals surface area (Å²) < 4.78 is 0. The summed E-state index contributed by atoms with van der Waals surface area (Å²) in [6, 6.07) is 9.57. The Morgan fingerprint density at radius 1 is 1.14 bits per heavy atom. The van der Waals surface area contributed by atoms with E-state index in [4.69, 9.17) is 34.8 Å². The number of pyridine rings is 1. The van der Waals surface area contributed by atoms with Crippen LogP contribution in [0.2, 0.25) is 15.1 Å². The third kappa shape index (κ3) is 3.31. The molecule has 1 aromatic carbocycles. The van der Waals surface area contributed by atoms with Crippen LogP contribution >= 0.6 is 34.8 Å². The normalized spacial score (nSPS) is 12.0. The summed E-state index contributed by atoms with van der Waals surface area (Å²) in [5.41, 5.74) is 1.11. The molecule has 0 aliphatic heterocycles. The first-order chi connectivity index (χ1) is 9.93. The molecule has 0 saturated heterocycles. The van der Waals surface area contributed by atoms with Gasteiger partial charge in [-0.05, 0) is 12.5 Å². The van der Waals surface area contributed by atoms with Crippen LogP contribution in [-0.2, 0) is 0 Å². The lowest BCUT2D eigenvalue weighted by atomic mass is 10.1. The van der Waals surface area contributed by atoms with Gasteiger partial charge in [0, 0.05) is 13.2 Å². The van der Waals surface area contributed by atoms with Crippen LogP contribution in [0.5, 0.6) is 0 Å². The van der Waals surface area contributed by atoms with E-state index in [9.17, 15) is 4.79 Å². The summed E-state index contributed by atoms with van der Waals surface area (Å²) in [6.45, 7) is 1.93. The van der Waals surface area contributed by atoms with Gasteiger partial charge in [-0.25, -0.2) is 4.98 Å². The lowest BCUT2D eigenvalue weighted by Gasteiger charge is -2.25. The van der Waals surface area contributed by atoms with Crippen molar-refractivity contribution in [2.45, 2.75) is 13.0 Å². The predicted octanol–water partition coefficient (Wildman–Crippen LogP) is 4.88. The van der Waals surface area contributed by atoms with Gasteiger partial charge in [0.2, 0.25) is 0 Å². The quantitative estimate of drug-likeness (QED) is 0.796. The van der Waals surface area contributed by atoms with Crippen molar-refractivity contribution in [3.05, 3.63) is 62.9 Å². The molecule has 1 heterocycles. The molecule has 2 rings (SSSR count). The van der Waals surface area contributed by atoms with Crippen LogP contribution in [0.4, 0.5) is 0 Å². The molecule has 0 radical (unpaired) electrons. The standard InChI is InChI=1S/C15H13Cl3N2O/c1-9(10-6-4-3-5-7-10)20(2)15(21)14-13(18)12(17)11(16)8-19-14/h3-9H,1-2H3/t9-/m0/s1. The number of amides is 1. The average molecular weight is 344 g/mol. The van der Waals surface area contributed by atoms with E-state index < -0.39 is 0 Å². The van der Waals surface area contributed by atoms with Gasteiger partial charge in [-0.15, -0.1) is 0 Å². The Labute approximate surface area is 138 Å². The van der Waals surface area contributed by atoms with Gasteiger partial charge in [0.1, 0.15) is 5.69 Å². The van der Waals surface area contributed by atoms with Crippen LogP contribution in [0.1, 0.15) is 29.0 Å². The molecule has 0 fully saturated rings. The second kappa shape index (κ2) is 6.65. The maximum absolute atomic E-state index is 12.5. The van der Waals surface area contributed by atoms with E-state index in [2.05, 4.69) is 4.98 Å². The van der Waals surface area contributed by atoms with Crippen molar-refractivity contribution in [1.82, 2.24) is 9.88 Å². The zero-order valence-corrected chi connectivity index (χ0v) is 13.7. The van der Waals surface area contributed by atoms with Gasteiger partial charge in [0.25, 0.3) is 5.91 Å². The van der Waals surface area contributed by atoms with Gasteiger partial charge < -0.3 is 4.90 Å². The van der Waals surface area contributed by atoms with E-state index in [1.165, 1.54) is 6.20 Å². The first-order valence-electron chi connectivity index (χ1n) is 6.25. The van der Waals surface area contributed by atoms with E-state index in [0.29, 0.717) is 0 Å². The summed E-state index contributed by atoms with van der Waals surface area (Å²) >= 11 is 17.8. The summed E-state index contributed by atoms with van der Waals surface area (Å²) in [4.78, 5) is 18.1. The molecule has 110 valence electrons. The van der Waals surface area contributed by atoms with Crippen molar-refractivity contribution >= 4 is 40.7 Å². The highest BCUT2D eigenvalue weighted by atomic mass is 35.5. The number of hydrogen-bond donors (Lipinski definition) is 0. The summed E-state index contributed by atoms with van der Waals surface area (Å²) in [7, 11) is 1.69. The Morgan fingerprint density at radius 3 is 2.38 bits per heavy atom. The topological polar surface area (TPSA) is 33.2 Å². The Kier molecular flexibility index (Phi) is 5.09. The van der Waals surface area contributed by atoms with E-state index in [1.807, 2.05) is 37.3 Å².